The van der Waals surface area contributed by atoms with Gasteiger partial charge in [-0.25, -0.2) is 14.8 Å². The van der Waals surface area contributed by atoms with Gasteiger partial charge in [0, 0.05) is 28.5 Å². The predicted molar refractivity (Wildman–Crippen MR) is 82.7 cm³/mol. The molecular formula is C16H15ClN2O3. The number of ether oxygens (including phenoxy) is 1. The molecule has 0 aliphatic rings. The van der Waals surface area contributed by atoms with Crippen LogP contribution in [0.25, 0.3) is 11.4 Å². The van der Waals surface area contributed by atoms with Crippen LogP contribution in [0.5, 0.6) is 0 Å². The van der Waals surface area contributed by atoms with E-state index in [9.17, 15) is 9.59 Å². The number of carbonyl (C=O) groups excluding carboxylic acids is 2. The van der Waals surface area contributed by atoms with Gasteiger partial charge in [-0.05, 0) is 45.0 Å². The molecule has 0 bridgehead atoms. The molecule has 22 heavy (non-hydrogen) atoms. The maximum absolute atomic E-state index is 12.2. The van der Waals surface area contributed by atoms with Gasteiger partial charge in [-0.2, -0.15) is 0 Å². The zero-order chi connectivity index (χ0) is 16.3. The first kappa shape index (κ1) is 16.1. The van der Waals surface area contributed by atoms with Crippen molar-refractivity contribution in [2.75, 3.05) is 0 Å². The first-order valence-corrected chi connectivity index (χ1v) is 7.00. The molecule has 2 aromatic rings. The van der Waals surface area contributed by atoms with Gasteiger partial charge in [0.15, 0.2) is 5.82 Å². The molecule has 114 valence electrons. The molecule has 5 nitrogen and oxygen atoms in total. The van der Waals surface area contributed by atoms with Crippen molar-refractivity contribution in [2.45, 2.75) is 26.4 Å². The van der Waals surface area contributed by atoms with Gasteiger partial charge in [0.25, 0.3) is 5.78 Å². The number of nitrogens with zero attached hydrogens (tertiary/aromatic N) is 2. The van der Waals surface area contributed by atoms with Crippen molar-refractivity contribution in [1.82, 2.24) is 9.97 Å². The Kier molecular flexibility index (Phi) is 4.56. The molecule has 0 saturated carbocycles. The lowest BCUT2D eigenvalue weighted by atomic mass is 10.1. The maximum atomic E-state index is 12.2. The standard InChI is InChI=1S/C16H15ClN2O3/c1-16(2,3)22-15(21)13(20)10-7-11(9-12(17)8-10)14-18-5-4-6-19-14/h4-9H,1-3H3. The molecule has 0 saturated heterocycles. The Hall–Kier alpha value is -2.27. The minimum absolute atomic E-state index is 0.143. The van der Waals surface area contributed by atoms with E-state index < -0.39 is 17.4 Å². The highest BCUT2D eigenvalue weighted by Gasteiger charge is 2.24. The van der Waals surface area contributed by atoms with E-state index in [0.717, 1.165) is 0 Å². The number of rotatable bonds is 3. The Balaban J connectivity index is 2.34. The molecule has 0 unspecified atom stereocenters. The van der Waals surface area contributed by atoms with Crippen molar-refractivity contribution in [3.63, 3.8) is 0 Å². The number of hydrogen-bond acceptors (Lipinski definition) is 5. The quantitative estimate of drug-likeness (QED) is 0.493. The van der Waals surface area contributed by atoms with Gasteiger partial charge in [-0.1, -0.05) is 11.6 Å². The summed E-state index contributed by atoms with van der Waals surface area (Å²) >= 11 is 6.02. The molecule has 0 amide bonds. The zero-order valence-corrected chi connectivity index (χ0v) is 13.2. The number of ketones is 1. The Morgan fingerprint density at radius 1 is 1.09 bits per heavy atom. The molecule has 1 heterocycles. The van der Waals surface area contributed by atoms with Crippen molar-refractivity contribution in [1.29, 1.82) is 0 Å². The second-order valence-corrected chi connectivity index (χ2v) is 6.07. The number of hydrogen-bond donors (Lipinski definition) is 0. The average molecular weight is 319 g/mol. The summed E-state index contributed by atoms with van der Waals surface area (Å²) in [7, 11) is 0. The summed E-state index contributed by atoms with van der Waals surface area (Å²) in [4.78, 5) is 32.3. The third kappa shape index (κ3) is 4.11. The monoisotopic (exact) mass is 318 g/mol. The van der Waals surface area contributed by atoms with Crippen LogP contribution in [-0.2, 0) is 9.53 Å². The molecule has 0 aliphatic heterocycles. The SMILES string of the molecule is CC(C)(C)OC(=O)C(=O)c1cc(Cl)cc(-c2ncccn2)c1. The normalized spacial score (nSPS) is 11.1. The molecule has 1 aromatic heterocycles. The molecule has 2 rings (SSSR count). The van der Waals surface area contributed by atoms with Crippen LogP contribution in [0.1, 0.15) is 31.1 Å². The summed E-state index contributed by atoms with van der Waals surface area (Å²) in [5, 5.41) is 0.317. The number of benzene rings is 1. The molecule has 0 spiro atoms. The largest absolute Gasteiger partial charge is 0.454 e. The van der Waals surface area contributed by atoms with Crippen molar-refractivity contribution < 1.29 is 14.3 Å². The molecule has 0 radical (unpaired) electrons. The van der Waals surface area contributed by atoms with E-state index in [4.69, 9.17) is 16.3 Å². The third-order valence-electron chi connectivity index (χ3n) is 2.57. The smallest absolute Gasteiger partial charge is 0.380 e. The third-order valence-corrected chi connectivity index (χ3v) is 2.79. The van der Waals surface area contributed by atoms with E-state index in [1.807, 2.05) is 0 Å². The van der Waals surface area contributed by atoms with E-state index in [1.165, 1.54) is 12.1 Å². The highest BCUT2D eigenvalue weighted by Crippen LogP contribution is 2.23. The summed E-state index contributed by atoms with van der Waals surface area (Å²) < 4.78 is 5.08. The number of Topliss-reactive ketones (excluding diaryl/α,β-unsaturated/α-hetero) is 1. The summed E-state index contributed by atoms with van der Waals surface area (Å²) in [6, 6.07) is 6.25. The Bertz CT molecular complexity index is 709. The zero-order valence-electron chi connectivity index (χ0n) is 12.5. The van der Waals surface area contributed by atoms with E-state index in [2.05, 4.69) is 9.97 Å². The van der Waals surface area contributed by atoms with Crippen LogP contribution in [0.15, 0.2) is 36.7 Å². The van der Waals surface area contributed by atoms with Crippen LogP contribution in [0.3, 0.4) is 0 Å². The van der Waals surface area contributed by atoms with Crippen LogP contribution in [0, 0.1) is 0 Å². The molecule has 6 heteroatoms. The number of esters is 1. The second-order valence-electron chi connectivity index (χ2n) is 5.63. The van der Waals surface area contributed by atoms with Crippen molar-refractivity contribution in [2.24, 2.45) is 0 Å². The fourth-order valence-corrected chi connectivity index (χ4v) is 1.98. The van der Waals surface area contributed by atoms with Crippen LogP contribution >= 0.6 is 11.6 Å². The molecule has 0 fully saturated rings. The van der Waals surface area contributed by atoms with Gasteiger partial charge in [-0.3, -0.25) is 4.79 Å². The maximum Gasteiger partial charge on any atom is 0.380 e. The van der Waals surface area contributed by atoms with E-state index in [0.29, 0.717) is 16.4 Å². The summed E-state index contributed by atoms with van der Waals surface area (Å²) in [6.45, 7) is 5.08. The lowest BCUT2D eigenvalue weighted by Crippen LogP contribution is -2.29. The molecule has 0 aliphatic carbocycles. The lowest BCUT2D eigenvalue weighted by molar-refractivity contribution is -0.148. The molecule has 0 N–H and O–H groups in total. The minimum atomic E-state index is -0.922. The van der Waals surface area contributed by atoms with Gasteiger partial charge < -0.3 is 4.74 Å². The summed E-state index contributed by atoms with van der Waals surface area (Å²) in [5.74, 6) is -1.26. The van der Waals surface area contributed by atoms with E-state index in [-0.39, 0.29) is 5.56 Å². The van der Waals surface area contributed by atoms with E-state index >= 15 is 0 Å². The van der Waals surface area contributed by atoms with Gasteiger partial charge >= 0.3 is 5.97 Å². The fraction of sp³-hybridized carbons (Fsp3) is 0.250. The Labute approximate surface area is 133 Å². The number of aromatic nitrogens is 2. The van der Waals surface area contributed by atoms with Crippen LogP contribution in [0.2, 0.25) is 5.02 Å². The van der Waals surface area contributed by atoms with Crippen LogP contribution in [-0.4, -0.2) is 27.3 Å². The van der Waals surface area contributed by atoms with Gasteiger partial charge in [-0.15, -0.1) is 0 Å². The highest BCUT2D eigenvalue weighted by atomic mass is 35.5. The lowest BCUT2D eigenvalue weighted by Gasteiger charge is -2.18. The first-order valence-electron chi connectivity index (χ1n) is 6.62. The van der Waals surface area contributed by atoms with Crippen LogP contribution < -0.4 is 0 Å². The van der Waals surface area contributed by atoms with Gasteiger partial charge in [0.2, 0.25) is 0 Å². The van der Waals surface area contributed by atoms with Crippen molar-refractivity contribution in [3.05, 3.63) is 47.2 Å². The molecule has 1 aromatic carbocycles. The highest BCUT2D eigenvalue weighted by molar-refractivity contribution is 6.41. The Morgan fingerprint density at radius 3 is 2.32 bits per heavy atom. The van der Waals surface area contributed by atoms with Crippen LogP contribution in [0.4, 0.5) is 0 Å². The minimum Gasteiger partial charge on any atom is -0.454 e. The van der Waals surface area contributed by atoms with Gasteiger partial charge in [0.05, 0.1) is 0 Å². The number of carbonyl (C=O) groups is 2. The summed E-state index contributed by atoms with van der Waals surface area (Å²) in [5.41, 5.74) is -0.0411. The summed E-state index contributed by atoms with van der Waals surface area (Å²) in [6.07, 6.45) is 3.16. The number of halogens is 1. The van der Waals surface area contributed by atoms with Crippen molar-refractivity contribution >= 4 is 23.4 Å². The second kappa shape index (κ2) is 6.23. The predicted octanol–water partition coefficient (Wildman–Crippen LogP) is 3.32. The first-order chi connectivity index (χ1) is 10.3. The fourth-order valence-electron chi connectivity index (χ4n) is 1.74. The van der Waals surface area contributed by atoms with Gasteiger partial charge in [0.1, 0.15) is 5.60 Å². The Morgan fingerprint density at radius 2 is 1.73 bits per heavy atom. The average Bonchev–Trinajstić information content (AvgIpc) is 2.45. The molecular weight excluding hydrogens is 304 g/mol. The van der Waals surface area contributed by atoms with E-state index in [1.54, 1.807) is 45.3 Å². The topological polar surface area (TPSA) is 69.2 Å². The molecule has 0 atom stereocenters. The van der Waals surface area contributed by atoms with Crippen molar-refractivity contribution in [3.8, 4) is 11.4 Å².